The van der Waals surface area contributed by atoms with Gasteiger partial charge in [-0.15, -0.1) is 0 Å². The van der Waals surface area contributed by atoms with Crippen molar-refractivity contribution in [1.82, 2.24) is 4.37 Å². The Balaban J connectivity index is 3.12. The highest BCUT2D eigenvalue weighted by Crippen LogP contribution is 1.94. The maximum Gasteiger partial charge on any atom is 0.310 e. The van der Waals surface area contributed by atoms with Crippen molar-refractivity contribution < 1.29 is 4.57 Å². The number of aryl methyl sites for hydroxylation is 1. The average Bonchev–Trinajstić information content (AvgIpc) is 1.91. The summed E-state index contributed by atoms with van der Waals surface area (Å²) in [6.45, 7) is 0. The van der Waals surface area contributed by atoms with Gasteiger partial charge in [-0.1, -0.05) is 0 Å². The summed E-state index contributed by atoms with van der Waals surface area (Å²) in [7, 11) is 1.86. The minimum absolute atomic E-state index is 0.736. The van der Waals surface area contributed by atoms with Gasteiger partial charge in [0.25, 0.3) is 0 Å². The number of nitrogen functional groups attached to an aromatic ring is 1. The van der Waals surface area contributed by atoms with E-state index in [1.807, 2.05) is 7.05 Å². The molecule has 4 heteroatoms. The van der Waals surface area contributed by atoms with Crippen molar-refractivity contribution in [3.63, 3.8) is 0 Å². The summed E-state index contributed by atoms with van der Waals surface area (Å²) < 4.78 is 5.57. The third-order valence-corrected chi connectivity index (χ3v) is 1.39. The number of hydrogen-bond donors (Lipinski definition) is 1. The molecule has 1 rings (SSSR count). The van der Waals surface area contributed by atoms with E-state index in [0.717, 1.165) is 5.13 Å². The fourth-order valence-corrected chi connectivity index (χ4v) is 0.742. The lowest BCUT2D eigenvalue weighted by Gasteiger charge is -1.76. The predicted octanol–water partition coefficient (Wildman–Crippen LogP) is -0.450. The van der Waals surface area contributed by atoms with E-state index < -0.39 is 0 Å². The second-order valence-corrected chi connectivity index (χ2v) is 2.07. The van der Waals surface area contributed by atoms with E-state index in [4.69, 9.17) is 5.73 Å². The quantitative estimate of drug-likeness (QED) is 0.466. The molecule has 0 bridgehead atoms. The van der Waals surface area contributed by atoms with E-state index in [-0.39, 0.29) is 0 Å². The van der Waals surface area contributed by atoms with Gasteiger partial charge in [0.2, 0.25) is 6.33 Å². The first kappa shape index (κ1) is 4.52. The van der Waals surface area contributed by atoms with Crippen LogP contribution in [-0.2, 0) is 7.05 Å². The van der Waals surface area contributed by atoms with Crippen molar-refractivity contribution in [2.75, 3.05) is 5.73 Å². The smallest absolute Gasteiger partial charge is 0.307 e. The molecule has 2 N–H and O–H groups in total. The van der Waals surface area contributed by atoms with Crippen LogP contribution >= 0.6 is 11.5 Å². The van der Waals surface area contributed by atoms with Gasteiger partial charge in [0, 0.05) is 0 Å². The average molecular weight is 116 g/mol. The normalized spacial score (nSPS) is 9.29. The summed E-state index contributed by atoms with van der Waals surface area (Å²) in [5, 5.41) is 0.736. The molecule has 38 valence electrons. The molecule has 0 amide bonds. The van der Waals surface area contributed by atoms with Crippen molar-refractivity contribution in [3.05, 3.63) is 6.33 Å². The zero-order valence-electron chi connectivity index (χ0n) is 3.96. The van der Waals surface area contributed by atoms with Crippen LogP contribution in [0.3, 0.4) is 0 Å². The van der Waals surface area contributed by atoms with Crippen LogP contribution in [0.25, 0.3) is 0 Å². The number of anilines is 1. The van der Waals surface area contributed by atoms with Gasteiger partial charge in [-0.2, -0.15) is 0 Å². The van der Waals surface area contributed by atoms with E-state index in [9.17, 15) is 0 Å². The van der Waals surface area contributed by atoms with Crippen LogP contribution in [0.5, 0.6) is 0 Å². The van der Waals surface area contributed by atoms with Crippen LogP contribution in [0, 0.1) is 0 Å². The summed E-state index contributed by atoms with van der Waals surface area (Å²) in [5.41, 5.74) is 5.36. The Morgan fingerprint density at radius 3 is 2.86 bits per heavy atom. The van der Waals surface area contributed by atoms with E-state index in [2.05, 4.69) is 4.37 Å². The highest BCUT2D eigenvalue weighted by atomic mass is 32.1. The highest BCUT2D eigenvalue weighted by Gasteiger charge is 1.97. The molecule has 7 heavy (non-hydrogen) atoms. The molecule has 1 aromatic rings. The molecule has 0 saturated carbocycles. The number of rotatable bonds is 0. The summed E-state index contributed by atoms with van der Waals surface area (Å²) in [6.07, 6.45) is 1.68. The van der Waals surface area contributed by atoms with Crippen molar-refractivity contribution in [3.8, 4) is 0 Å². The van der Waals surface area contributed by atoms with Crippen LogP contribution < -0.4 is 10.3 Å². The molecule has 0 atom stereocenters. The van der Waals surface area contributed by atoms with Gasteiger partial charge >= 0.3 is 5.13 Å². The Bertz CT molecular complexity index is 142. The topological polar surface area (TPSA) is 42.8 Å². The summed E-state index contributed by atoms with van der Waals surface area (Å²) in [6, 6.07) is 0. The molecule has 0 aromatic carbocycles. The fourth-order valence-electron chi connectivity index (χ4n) is 0.270. The Morgan fingerprint density at radius 1 is 2.00 bits per heavy atom. The number of nitrogens with zero attached hydrogens (tertiary/aromatic N) is 2. The predicted molar refractivity (Wildman–Crippen MR) is 27.7 cm³/mol. The molecule has 0 unspecified atom stereocenters. The molecule has 0 aliphatic rings. The van der Waals surface area contributed by atoms with Gasteiger partial charge in [-0.05, 0) is 4.37 Å². The summed E-state index contributed by atoms with van der Waals surface area (Å²) >= 11 is 1.30. The third kappa shape index (κ3) is 0.691. The molecule has 0 fully saturated rings. The maximum atomic E-state index is 5.36. The zero-order chi connectivity index (χ0) is 5.28. The van der Waals surface area contributed by atoms with Gasteiger partial charge in [0.05, 0.1) is 7.05 Å². The molecular weight excluding hydrogens is 110 g/mol. The Morgan fingerprint density at radius 2 is 2.71 bits per heavy atom. The van der Waals surface area contributed by atoms with Gasteiger partial charge in [-0.3, -0.25) is 0 Å². The third-order valence-electron chi connectivity index (χ3n) is 0.714. The minimum atomic E-state index is 0.736. The Labute approximate surface area is 45.6 Å². The molecule has 3 nitrogen and oxygen atoms in total. The second-order valence-electron chi connectivity index (χ2n) is 1.26. The van der Waals surface area contributed by atoms with Crippen molar-refractivity contribution in [2.24, 2.45) is 7.05 Å². The molecule has 0 aliphatic heterocycles. The number of nitrogens with two attached hydrogens (primary N) is 1. The second kappa shape index (κ2) is 1.46. The largest absolute Gasteiger partial charge is 0.310 e. The maximum absolute atomic E-state index is 5.36. The molecule has 0 saturated heterocycles. The first-order valence-electron chi connectivity index (χ1n) is 1.86. The van der Waals surface area contributed by atoms with Gasteiger partial charge in [0.1, 0.15) is 11.5 Å². The number of aromatic nitrogens is 2. The molecule has 0 aliphatic carbocycles. The lowest BCUT2D eigenvalue weighted by molar-refractivity contribution is -0.654. The first-order valence-corrected chi connectivity index (χ1v) is 2.64. The van der Waals surface area contributed by atoms with Gasteiger partial charge in [-0.25, -0.2) is 4.57 Å². The zero-order valence-corrected chi connectivity index (χ0v) is 4.77. The summed E-state index contributed by atoms with van der Waals surface area (Å²) in [4.78, 5) is 0. The SMILES string of the molecule is C[n+]1cnsc1N. The molecular formula is C3H6N3S+. The van der Waals surface area contributed by atoms with Crippen LogP contribution in [0.2, 0.25) is 0 Å². The minimum Gasteiger partial charge on any atom is -0.307 e. The van der Waals surface area contributed by atoms with E-state index in [0.29, 0.717) is 0 Å². The highest BCUT2D eigenvalue weighted by molar-refractivity contribution is 7.08. The van der Waals surface area contributed by atoms with Crippen molar-refractivity contribution >= 4 is 16.7 Å². The molecule has 0 spiro atoms. The summed E-state index contributed by atoms with van der Waals surface area (Å²) in [5.74, 6) is 0. The van der Waals surface area contributed by atoms with E-state index >= 15 is 0 Å². The molecule has 0 radical (unpaired) electrons. The lowest BCUT2D eigenvalue weighted by Crippen LogP contribution is -2.27. The van der Waals surface area contributed by atoms with E-state index in [1.165, 1.54) is 11.5 Å². The van der Waals surface area contributed by atoms with Crippen LogP contribution in [0.15, 0.2) is 6.33 Å². The molecule has 1 heterocycles. The first-order chi connectivity index (χ1) is 3.30. The standard InChI is InChI=1S/C3H5N3S/c1-6-2-5-7-3(6)4/h2,4H,1H3/p+1. The number of hydrogen-bond acceptors (Lipinski definition) is 3. The van der Waals surface area contributed by atoms with Crippen molar-refractivity contribution in [1.29, 1.82) is 0 Å². The van der Waals surface area contributed by atoms with Gasteiger partial charge in [0.15, 0.2) is 0 Å². The van der Waals surface area contributed by atoms with Crippen molar-refractivity contribution in [2.45, 2.75) is 0 Å². The monoisotopic (exact) mass is 116 g/mol. The Hall–Kier alpha value is -0.640. The van der Waals surface area contributed by atoms with Crippen LogP contribution in [0.1, 0.15) is 0 Å². The van der Waals surface area contributed by atoms with E-state index in [1.54, 1.807) is 10.9 Å². The van der Waals surface area contributed by atoms with Crippen LogP contribution in [0.4, 0.5) is 5.13 Å². The Kier molecular flexibility index (Phi) is 0.941. The lowest BCUT2D eigenvalue weighted by atomic mass is 11.0. The molecule has 1 aromatic heterocycles. The fraction of sp³-hybridized carbons (Fsp3) is 0.333. The van der Waals surface area contributed by atoms with Gasteiger partial charge < -0.3 is 5.73 Å². The van der Waals surface area contributed by atoms with Crippen LogP contribution in [-0.4, -0.2) is 4.37 Å².